The van der Waals surface area contributed by atoms with Gasteiger partial charge in [-0.3, -0.25) is 4.68 Å². The summed E-state index contributed by atoms with van der Waals surface area (Å²) in [6.45, 7) is 2.53. The first-order valence-corrected chi connectivity index (χ1v) is 6.89. The number of hydrogen-bond donors (Lipinski definition) is 3. The van der Waals surface area contributed by atoms with Crippen molar-refractivity contribution in [2.75, 3.05) is 12.4 Å². The lowest BCUT2D eigenvalue weighted by atomic mass is 10.1. The molecule has 2 rings (SSSR count). The predicted octanol–water partition coefficient (Wildman–Crippen LogP) is 2.02. The minimum absolute atomic E-state index is 0.231. The highest BCUT2D eigenvalue weighted by Gasteiger charge is 2.05. The first kappa shape index (κ1) is 15.1. The van der Waals surface area contributed by atoms with Crippen LogP contribution in [0.4, 0.5) is 10.5 Å². The van der Waals surface area contributed by atoms with Crippen molar-refractivity contribution in [2.45, 2.75) is 19.5 Å². The van der Waals surface area contributed by atoms with Gasteiger partial charge in [-0.1, -0.05) is 12.1 Å². The molecule has 2 aromatic rings. The highest BCUT2D eigenvalue weighted by molar-refractivity contribution is 5.89. The van der Waals surface area contributed by atoms with Crippen molar-refractivity contribution in [1.82, 2.24) is 20.4 Å². The van der Waals surface area contributed by atoms with E-state index in [1.807, 2.05) is 44.4 Å². The summed E-state index contributed by atoms with van der Waals surface area (Å²) in [6.07, 6.45) is 1.70. The van der Waals surface area contributed by atoms with Crippen LogP contribution in [0, 0.1) is 0 Å². The number of rotatable bonds is 5. The summed E-state index contributed by atoms with van der Waals surface area (Å²) < 4.78 is 1.73. The number of benzene rings is 1. The third kappa shape index (κ3) is 4.06. The van der Waals surface area contributed by atoms with Gasteiger partial charge < -0.3 is 16.0 Å². The molecule has 1 aromatic heterocycles. The fraction of sp³-hybridized carbons (Fsp3) is 0.333. The van der Waals surface area contributed by atoms with E-state index in [9.17, 15) is 4.79 Å². The van der Waals surface area contributed by atoms with Crippen LogP contribution in [0.5, 0.6) is 0 Å². The van der Waals surface area contributed by atoms with Crippen molar-refractivity contribution in [1.29, 1.82) is 0 Å². The van der Waals surface area contributed by atoms with Crippen LogP contribution in [-0.4, -0.2) is 22.9 Å². The van der Waals surface area contributed by atoms with E-state index in [-0.39, 0.29) is 12.1 Å². The van der Waals surface area contributed by atoms with Gasteiger partial charge in [0, 0.05) is 25.0 Å². The summed E-state index contributed by atoms with van der Waals surface area (Å²) in [4.78, 5) is 11.8. The lowest BCUT2D eigenvalue weighted by molar-refractivity contribution is 0.251. The monoisotopic (exact) mass is 287 g/mol. The average Bonchev–Trinajstić information content (AvgIpc) is 2.90. The number of amides is 2. The number of aromatic nitrogens is 2. The fourth-order valence-electron chi connectivity index (χ4n) is 1.94. The second-order valence-electron chi connectivity index (χ2n) is 4.89. The molecule has 2 amide bonds. The second kappa shape index (κ2) is 6.90. The Morgan fingerprint density at radius 1 is 1.29 bits per heavy atom. The summed E-state index contributed by atoms with van der Waals surface area (Å²) in [5, 5.41) is 12.8. The summed E-state index contributed by atoms with van der Waals surface area (Å²) in [7, 11) is 3.76. The topological polar surface area (TPSA) is 71.0 Å². The number of hydrogen-bond acceptors (Lipinski definition) is 3. The number of anilines is 1. The molecule has 0 saturated heterocycles. The van der Waals surface area contributed by atoms with Crippen LogP contribution < -0.4 is 16.0 Å². The molecule has 21 heavy (non-hydrogen) atoms. The number of nitrogens with zero attached hydrogens (tertiary/aromatic N) is 2. The van der Waals surface area contributed by atoms with E-state index in [1.54, 1.807) is 10.9 Å². The van der Waals surface area contributed by atoms with E-state index in [0.29, 0.717) is 6.54 Å². The molecule has 1 unspecified atom stereocenters. The van der Waals surface area contributed by atoms with Crippen molar-refractivity contribution < 1.29 is 4.79 Å². The van der Waals surface area contributed by atoms with E-state index < -0.39 is 0 Å². The zero-order valence-corrected chi connectivity index (χ0v) is 12.6. The van der Waals surface area contributed by atoms with Crippen LogP contribution in [0.1, 0.15) is 24.2 Å². The Balaban J connectivity index is 1.86. The molecule has 0 aliphatic carbocycles. The molecule has 0 aliphatic heterocycles. The van der Waals surface area contributed by atoms with E-state index >= 15 is 0 Å². The van der Waals surface area contributed by atoms with Gasteiger partial charge in [-0.25, -0.2) is 4.79 Å². The molecule has 0 spiro atoms. The molecule has 6 nitrogen and oxygen atoms in total. The number of carbonyl (C=O) groups excluding carboxylic acids is 1. The summed E-state index contributed by atoms with van der Waals surface area (Å²) in [5.41, 5.74) is 2.89. The molecular weight excluding hydrogens is 266 g/mol. The van der Waals surface area contributed by atoms with E-state index in [0.717, 1.165) is 11.4 Å². The number of nitrogens with one attached hydrogen (secondary N) is 3. The van der Waals surface area contributed by atoms with Crippen molar-refractivity contribution in [3.05, 3.63) is 47.8 Å². The molecule has 0 bridgehead atoms. The van der Waals surface area contributed by atoms with Crippen molar-refractivity contribution >= 4 is 11.7 Å². The molecule has 0 saturated carbocycles. The van der Waals surface area contributed by atoms with Crippen LogP contribution in [-0.2, 0) is 13.6 Å². The Kier molecular flexibility index (Phi) is 4.94. The van der Waals surface area contributed by atoms with Gasteiger partial charge in [0.15, 0.2) is 0 Å². The average molecular weight is 287 g/mol. The lowest BCUT2D eigenvalue weighted by Crippen LogP contribution is -2.29. The van der Waals surface area contributed by atoms with Crippen LogP contribution in [0.15, 0.2) is 36.5 Å². The Hall–Kier alpha value is -2.34. The predicted molar refractivity (Wildman–Crippen MR) is 83.0 cm³/mol. The zero-order valence-electron chi connectivity index (χ0n) is 12.6. The summed E-state index contributed by atoms with van der Waals surface area (Å²) >= 11 is 0. The van der Waals surface area contributed by atoms with Crippen molar-refractivity contribution in [2.24, 2.45) is 7.05 Å². The first-order valence-electron chi connectivity index (χ1n) is 6.89. The highest BCUT2D eigenvalue weighted by Crippen LogP contribution is 2.15. The third-order valence-electron chi connectivity index (χ3n) is 3.45. The molecule has 0 radical (unpaired) electrons. The van der Waals surface area contributed by atoms with Gasteiger partial charge in [0.2, 0.25) is 0 Å². The first-order chi connectivity index (χ1) is 10.1. The molecule has 0 fully saturated rings. The maximum atomic E-state index is 11.8. The maximum Gasteiger partial charge on any atom is 0.319 e. The van der Waals surface area contributed by atoms with Gasteiger partial charge in [0.25, 0.3) is 0 Å². The second-order valence-corrected chi connectivity index (χ2v) is 4.89. The summed E-state index contributed by atoms with van der Waals surface area (Å²) in [5.74, 6) is 0. The van der Waals surface area contributed by atoms with Crippen LogP contribution in [0.3, 0.4) is 0 Å². The lowest BCUT2D eigenvalue weighted by Gasteiger charge is -2.12. The standard InChI is InChI=1S/C15H21N5O/c1-11(16-2)12-4-6-13(7-5-12)19-15(21)17-10-14-8-9-18-20(14)3/h4-9,11,16H,10H2,1-3H3,(H2,17,19,21). The Labute approximate surface area is 124 Å². The van der Waals surface area contributed by atoms with Crippen LogP contribution >= 0.6 is 0 Å². The highest BCUT2D eigenvalue weighted by atomic mass is 16.2. The Bertz CT molecular complexity index is 590. The fourth-order valence-corrected chi connectivity index (χ4v) is 1.94. The molecule has 112 valence electrons. The smallest absolute Gasteiger partial charge is 0.319 e. The number of urea groups is 1. The molecule has 3 N–H and O–H groups in total. The van der Waals surface area contributed by atoms with Crippen molar-refractivity contribution in [3.8, 4) is 0 Å². The van der Waals surface area contributed by atoms with Gasteiger partial charge in [0.1, 0.15) is 0 Å². The summed E-state index contributed by atoms with van der Waals surface area (Å²) in [6, 6.07) is 9.72. The number of carbonyl (C=O) groups is 1. The minimum Gasteiger partial charge on any atom is -0.332 e. The SMILES string of the molecule is CNC(C)c1ccc(NC(=O)NCc2ccnn2C)cc1. The van der Waals surface area contributed by atoms with Gasteiger partial charge >= 0.3 is 6.03 Å². The quantitative estimate of drug-likeness (QED) is 0.788. The zero-order chi connectivity index (χ0) is 15.2. The third-order valence-corrected chi connectivity index (χ3v) is 3.45. The largest absolute Gasteiger partial charge is 0.332 e. The van der Waals surface area contributed by atoms with E-state index in [4.69, 9.17) is 0 Å². The van der Waals surface area contributed by atoms with E-state index in [1.165, 1.54) is 5.56 Å². The Morgan fingerprint density at radius 2 is 2.00 bits per heavy atom. The van der Waals surface area contributed by atoms with Gasteiger partial charge in [0.05, 0.1) is 12.2 Å². The molecule has 1 aromatic carbocycles. The van der Waals surface area contributed by atoms with Crippen LogP contribution in [0.2, 0.25) is 0 Å². The van der Waals surface area contributed by atoms with Gasteiger partial charge in [-0.05, 0) is 37.7 Å². The normalized spacial score (nSPS) is 12.0. The van der Waals surface area contributed by atoms with Crippen molar-refractivity contribution in [3.63, 3.8) is 0 Å². The minimum atomic E-state index is -0.231. The van der Waals surface area contributed by atoms with Crippen LogP contribution in [0.25, 0.3) is 0 Å². The van der Waals surface area contributed by atoms with E-state index in [2.05, 4.69) is 28.0 Å². The molecule has 0 aliphatic rings. The molecular formula is C15H21N5O. The Morgan fingerprint density at radius 3 is 2.57 bits per heavy atom. The molecule has 6 heteroatoms. The maximum absolute atomic E-state index is 11.8. The van der Waals surface area contributed by atoms with Gasteiger partial charge in [-0.2, -0.15) is 5.10 Å². The van der Waals surface area contributed by atoms with Gasteiger partial charge in [-0.15, -0.1) is 0 Å². The molecule has 1 atom stereocenters. The molecule has 1 heterocycles. The number of aryl methyl sites for hydroxylation is 1.